The van der Waals surface area contributed by atoms with E-state index in [2.05, 4.69) is 39.5 Å². The second-order valence-electron chi connectivity index (χ2n) is 6.35. The number of morpholine rings is 1. The Bertz CT molecular complexity index is 263. The number of carbonyl (C=O) groups is 1. The first kappa shape index (κ1) is 15.6. The van der Waals surface area contributed by atoms with Crippen molar-refractivity contribution in [2.24, 2.45) is 11.8 Å². The fourth-order valence-electron chi connectivity index (χ4n) is 2.70. The summed E-state index contributed by atoms with van der Waals surface area (Å²) >= 11 is 0. The second-order valence-corrected chi connectivity index (χ2v) is 6.35. The van der Waals surface area contributed by atoms with Gasteiger partial charge in [0.2, 0.25) is 0 Å². The zero-order valence-corrected chi connectivity index (χ0v) is 12.6. The minimum atomic E-state index is -0.198. The van der Waals surface area contributed by atoms with Gasteiger partial charge >= 0.3 is 0 Å². The minimum absolute atomic E-state index is 0.198. The lowest BCUT2D eigenvalue weighted by Crippen LogP contribution is -2.48. The van der Waals surface area contributed by atoms with E-state index in [-0.39, 0.29) is 11.9 Å². The van der Waals surface area contributed by atoms with Crippen LogP contribution in [0.5, 0.6) is 0 Å². The van der Waals surface area contributed by atoms with E-state index in [0.717, 1.165) is 19.5 Å². The highest BCUT2D eigenvalue weighted by Gasteiger charge is 2.28. The number of ketones is 1. The minimum Gasteiger partial charge on any atom is -0.368 e. The number of carbonyl (C=O) groups excluding carboxylic acids is 1. The van der Waals surface area contributed by atoms with Crippen LogP contribution >= 0.6 is 0 Å². The van der Waals surface area contributed by atoms with E-state index in [1.165, 1.54) is 0 Å². The van der Waals surface area contributed by atoms with Crippen molar-refractivity contribution in [2.45, 2.75) is 59.6 Å². The van der Waals surface area contributed by atoms with Gasteiger partial charge in [-0.1, -0.05) is 20.8 Å². The molecule has 1 heterocycles. The molecular formula is C15H29NO2. The molecule has 1 fully saturated rings. The van der Waals surface area contributed by atoms with Crippen molar-refractivity contribution >= 4 is 5.78 Å². The molecule has 0 aromatic carbocycles. The lowest BCUT2D eigenvalue weighted by atomic mass is 9.92. The molecule has 0 aromatic rings. The SMILES string of the molecule is CC(C)CC(C)CC(=O)C1CN(C(C)C)CCO1. The van der Waals surface area contributed by atoms with Crippen molar-refractivity contribution in [3.63, 3.8) is 0 Å². The maximum absolute atomic E-state index is 12.2. The Labute approximate surface area is 112 Å². The van der Waals surface area contributed by atoms with E-state index in [1.807, 2.05) is 0 Å². The molecule has 2 atom stereocenters. The van der Waals surface area contributed by atoms with Gasteiger partial charge in [0.05, 0.1) is 6.61 Å². The molecule has 0 bridgehead atoms. The summed E-state index contributed by atoms with van der Waals surface area (Å²) < 4.78 is 5.63. The van der Waals surface area contributed by atoms with Crippen LogP contribution in [0.2, 0.25) is 0 Å². The summed E-state index contributed by atoms with van der Waals surface area (Å²) in [6, 6.07) is 0.497. The van der Waals surface area contributed by atoms with Gasteiger partial charge in [-0.05, 0) is 32.1 Å². The van der Waals surface area contributed by atoms with Gasteiger partial charge in [-0.15, -0.1) is 0 Å². The third kappa shape index (κ3) is 5.07. The van der Waals surface area contributed by atoms with E-state index < -0.39 is 0 Å². The Morgan fingerprint density at radius 3 is 2.50 bits per heavy atom. The number of Topliss-reactive ketones (excluding diaryl/α,β-unsaturated/α-hetero) is 1. The largest absolute Gasteiger partial charge is 0.368 e. The van der Waals surface area contributed by atoms with Gasteiger partial charge < -0.3 is 4.74 Å². The molecule has 2 unspecified atom stereocenters. The van der Waals surface area contributed by atoms with Crippen LogP contribution in [0.15, 0.2) is 0 Å². The third-order valence-electron chi connectivity index (χ3n) is 3.61. The number of ether oxygens (including phenoxy) is 1. The summed E-state index contributed by atoms with van der Waals surface area (Å²) in [5.74, 6) is 1.41. The van der Waals surface area contributed by atoms with Gasteiger partial charge in [-0.25, -0.2) is 0 Å². The van der Waals surface area contributed by atoms with Gasteiger partial charge in [-0.3, -0.25) is 9.69 Å². The predicted octanol–water partition coefficient (Wildman–Crippen LogP) is 2.74. The van der Waals surface area contributed by atoms with Crippen LogP contribution in [0, 0.1) is 11.8 Å². The normalized spacial score (nSPS) is 23.6. The highest BCUT2D eigenvalue weighted by atomic mass is 16.5. The van der Waals surface area contributed by atoms with Crippen molar-refractivity contribution in [1.82, 2.24) is 4.90 Å². The van der Waals surface area contributed by atoms with E-state index in [4.69, 9.17) is 4.74 Å². The lowest BCUT2D eigenvalue weighted by molar-refractivity contribution is -0.138. The van der Waals surface area contributed by atoms with Crippen molar-refractivity contribution < 1.29 is 9.53 Å². The molecule has 1 aliphatic heterocycles. The van der Waals surface area contributed by atoms with Crippen LogP contribution in [0.1, 0.15) is 47.5 Å². The quantitative estimate of drug-likeness (QED) is 0.731. The van der Waals surface area contributed by atoms with Crippen LogP contribution in [0.4, 0.5) is 0 Å². The van der Waals surface area contributed by atoms with Crippen LogP contribution in [-0.2, 0) is 9.53 Å². The summed E-state index contributed by atoms with van der Waals surface area (Å²) in [5, 5.41) is 0. The molecule has 1 saturated heterocycles. The molecule has 1 aliphatic rings. The molecule has 0 amide bonds. The Morgan fingerprint density at radius 1 is 1.28 bits per heavy atom. The van der Waals surface area contributed by atoms with Gasteiger partial charge in [-0.2, -0.15) is 0 Å². The number of rotatable bonds is 6. The van der Waals surface area contributed by atoms with Gasteiger partial charge in [0.1, 0.15) is 6.10 Å². The number of nitrogens with zero attached hydrogens (tertiary/aromatic N) is 1. The zero-order valence-electron chi connectivity index (χ0n) is 12.6. The molecule has 3 nitrogen and oxygen atoms in total. The molecule has 3 heteroatoms. The molecule has 18 heavy (non-hydrogen) atoms. The van der Waals surface area contributed by atoms with E-state index in [1.54, 1.807) is 0 Å². The monoisotopic (exact) mass is 255 g/mol. The van der Waals surface area contributed by atoms with E-state index in [0.29, 0.717) is 30.9 Å². The smallest absolute Gasteiger partial charge is 0.163 e. The summed E-state index contributed by atoms with van der Waals surface area (Å²) in [7, 11) is 0. The first-order valence-corrected chi connectivity index (χ1v) is 7.28. The highest BCUT2D eigenvalue weighted by Crippen LogP contribution is 2.18. The fraction of sp³-hybridized carbons (Fsp3) is 0.933. The predicted molar refractivity (Wildman–Crippen MR) is 74.7 cm³/mol. The van der Waals surface area contributed by atoms with Crippen LogP contribution in [0.3, 0.4) is 0 Å². The maximum Gasteiger partial charge on any atom is 0.163 e. The average molecular weight is 255 g/mol. The molecule has 0 aliphatic carbocycles. The summed E-state index contributed by atoms with van der Waals surface area (Å²) in [6.45, 7) is 13.3. The molecule has 0 aromatic heterocycles. The molecule has 0 radical (unpaired) electrons. The maximum atomic E-state index is 12.2. The lowest BCUT2D eigenvalue weighted by Gasteiger charge is -2.35. The molecule has 1 rings (SSSR count). The van der Waals surface area contributed by atoms with Crippen molar-refractivity contribution in [1.29, 1.82) is 0 Å². The first-order valence-electron chi connectivity index (χ1n) is 7.28. The van der Waals surface area contributed by atoms with Crippen molar-refractivity contribution in [3.8, 4) is 0 Å². The standard InChI is InChI=1S/C15H29NO2/c1-11(2)8-13(5)9-14(17)15-10-16(12(3)4)6-7-18-15/h11-13,15H,6-10H2,1-5H3. The van der Waals surface area contributed by atoms with Crippen LogP contribution in [-0.4, -0.2) is 42.5 Å². The summed E-state index contributed by atoms with van der Waals surface area (Å²) in [6.07, 6.45) is 1.58. The van der Waals surface area contributed by atoms with E-state index >= 15 is 0 Å². The molecular weight excluding hydrogens is 226 g/mol. The van der Waals surface area contributed by atoms with Crippen LogP contribution in [0.25, 0.3) is 0 Å². The molecule has 0 saturated carbocycles. The van der Waals surface area contributed by atoms with Crippen molar-refractivity contribution in [2.75, 3.05) is 19.7 Å². The Kier molecular flexibility index (Phi) is 6.30. The first-order chi connectivity index (χ1) is 8.40. The van der Waals surface area contributed by atoms with Gasteiger partial charge in [0.15, 0.2) is 5.78 Å². The molecule has 0 N–H and O–H groups in total. The Morgan fingerprint density at radius 2 is 1.94 bits per heavy atom. The van der Waals surface area contributed by atoms with Crippen molar-refractivity contribution in [3.05, 3.63) is 0 Å². The number of hydrogen-bond donors (Lipinski definition) is 0. The van der Waals surface area contributed by atoms with E-state index in [9.17, 15) is 4.79 Å². The van der Waals surface area contributed by atoms with Crippen LogP contribution < -0.4 is 0 Å². The average Bonchev–Trinajstić information content (AvgIpc) is 2.27. The van der Waals surface area contributed by atoms with Gasteiger partial charge in [0.25, 0.3) is 0 Å². The Hall–Kier alpha value is -0.410. The summed E-state index contributed by atoms with van der Waals surface area (Å²) in [4.78, 5) is 14.5. The van der Waals surface area contributed by atoms with Gasteiger partial charge in [0, 0.05) is 25.6 Å². The molecule has 0 spiro atoms. The Balaban J connectivity index is 2.41. The zero-order chi connectivity index (χ0) is 13.7. The second kappa shape index (κ2) is 7.25. The topological polar surface area (TPSA) is 29.5 Å². The fourth-order valence-corrected chi connectivity index (χ4v) is 2.70. The number of hydrogen-bond acceptors (Lipinski definition) is 3. The molecule has 106 valence electrons. The highest BCUT2D eigenvalue weighted by molar-refractivity contribution is 5.83. The summed E-state index contributed by atoms with van der Waals surface area (Å²) in [5.41, 5.74) is 0. The third-order valence-corrected chi connectivity index (χ3v) is 3.61.